The van der Waals surface area contributed by atoms with Crippen LogP contribution in [0, 0.1) is 6.92 Å². The third-order valence-corrected chi connectivity index (χ3v) is 5.73. The van der Waals surface area contributed by atoms with Crippen molar-refractivity contribution in [3.05, 3.63) is 82.4 Å². The Hall–Kier alpha value is -3.78. The molecule has 32 heavy (non-hydrogen) atoms. The van der Waals surface area contributed by atoms with Crippen LogP contribution in [0.2, 0.25) is 0 Å². The van der Waals surface area contributed by atoms with Crippen LogP contribution in [-0.4, -0.2) is 42.8 Å². The van der Waals surface area contributed by atoms with Crippen LogP contribution in [0.4, 0.5) is 11.6 Å². The lowest BCUT2D eigenvalue weighted by molar-refractivity contribution is 0.313. The van der Waals surface area contributed by atoms with E-state index in [0.717, 1.165) is 30.9 Å². The van der Waals surface area contributed by atoms with Crippen LogP contribution in [0.5, 0.6) is 0 Å². The quantitative estimate of drug-likeness (QED) is 0.493. The molecule has 0 atom stereocenters. The van der Waals surface area contributed by atoms with Crippen molar-refractivity contribution in [2.75, 3.05) is 18.9 Å². The molecule has 0 aliphatic carbocycles. The number of hydrogen-bond acceptors (Lipinski definition) is 6. The molecule has 5 rings (SSSR count). The van der Waals surface area contributed by atoms with Crippen LogP contribution in [-0.2, 0) is 19.5 Å². The van der Waals surface area contributed by atoms with Crippen molar-refractivity contribution in [2.45, 2.75) is 26.4 Å². The zero-order chi connectivity index (χ0) is 22.2. The Morgan fingerprint density at radius 2 is 2.06 bits per heavy atom. The number of benzene rings is 1. The van der Waals surface area contributed by atoms with Gasteiger partial charge in [-0.3, -0.25) is 4.79 Å². The van der Waals surface area contributed by atoms with Crippen molar-refractivity contribution >= 4 is 22.7 Å². The molecule has 4 heterocycles. The van der Waals surface area contributed by atoms with Crippen LogP contribution in [0.15, 0.2) is 60.0 Å². The predicted molar refractivity (Wildman–Crippen MR) is 126 cm³/mol. The lowest BCUT2D eigenvalue weighted by Gasteiger charge is -2.25. The number of anilines is 2. The molecule has 1 N–H and O–H groups in total. The first-order valence-electron chi connectivity index (χ1n) is 10.6. The van der Waals surface area contributed by atoms with Gasteiger partial charge in [-0.25, -0.2) is 19.3 Å². The van der Waals surface area contributed by atoms with Gasteiger partial charge in [-0.2, -0.15) is 4.98 Å². The highest BCUT2D eigenvalue weighted by atomic mass is 16.1. The Labute approximate surface area is 185 Å². The summed E-state index contributed by atoms with van der Waals surface area (Å²) in [6.07, 6.45) is 4.32. The number of hydrogen-bond donors (Lipinski definition) is 1. The Kier molecular flexibility index (Phi) is 5.07. The van der Waals surface area contributed by atoms with E-state index >= 15 is 0 Å². The van der Waals surface area contributed by atoms with Gasteiger partial charge in [0.1, 0.15) is 5.39 Å². The second kappa shape index (κ2) is 8.05. The lowest BCUT2D eigenvalue weighted by atomic mass is 9.99. The Balaban J connectivity index is 1.59. The molecule has 0 amide bonds. The molecule has 8 nitrogen and oxygen atoms in total. The summed E-state index contributed by atoms with van der Waals surface area (Å²) in [6, 6.07) is 12.1. The fourth-order valence-electron chi connectivity index (χ4n) is 4.16. The van der Waals surface area contributed by atoms with Crippen LogP contribution >= 0.6 is 0 Å². The summed E-state index contributed by atoms with van der Waals surface area (Å²) in [6.45, 7) is 8.04. The Bertz CT molecular complexity index is 1390. The molecule has 0 unspecified atom stereocenters. The molecule has 162 valence electrons. The van der Waals surface area contributed by atoms with Gasteiger partial charge in [-0.05, 0) is 55.8 Å². The zero-order valence-electron chi connectivity index (χ0n) is 18.2. The molecular formula is C24H25N7O. The molecule has 0 saturated carbocycles. The fourth-order valence-corrected chi connectivity index (χ4v) is 4.16. The highest BCUT2D eigenvalue weighted by Gasteiger charge is 2.18. The number of rotatable bonds is 5. The molecule has 8 heteroatoms. The summed E-state index contributed by atoms with van der Waals surface area (Å²) in [7, 11) is 2.13. The number of allylic oxidation sites excluding steroid dienone is 1. The molecular weight excluding hydrogens is 402 g/mol. The molecule has 0 radical (unpaired) electrons. The molecule has 0 saturated heterocycles. The molecule has 1 aromatic carbocycles. The summed E-state index contributed by atoms with van der Waals surface area (Å²) in [5.74, 6) is 1.05. The van der Waals surface area contributed by atoms with Gasteiger partial charge >= 0.3 is 0 Å². The van der Waals surface area contributed by atoms with Crippen molar-refractivity contribution in [3.63, 3.8) is 0 Å². The summed E-state index contributed by atoms with van der Waals surface area (Å²) in [4.78, 5) is 29.0. The maximum absolute atomic E-state index is 13.0. The van der Waals surface area contributed by atoms with E-state index in [2.05, 4.69) is 52.0 Å². The topological polar surface area (TPSA) is 80.9 Å². The number of nitrogens with one attached hydrogen (secondary N) is 1. The summed E-state index contributed by atoms with van der Waals surface area (Å²) < 4.78 is 3.31. The first-order chi connectivity index (χ1) is 15.5. The van der Waals surface area contributed by atoms with Crippen LogP contribution in [0.25, 0.3) is 16.9 Å². The SMILES string of the molecule is C=CCn1c(=O)c2cnc(Nc3ccc4c(c3)CN(C)CC4)nc2n1-c1cccc(C)n1. The van der Waals surface area contributed by atoms with Gasteiger partial charge in [-0.1, -0.05) is 18.2 Å². The molecule has 1 aliphatic heterocycles. The van der Waals surface area contributed by atoms with E-state index in [1.54, 1.807) is 21.6 Å². The molecule has 0 spiro atoms. The Morgan fingerprint density at radius 1 is 1.19 bits per heavy atom. The van der Waals surface area contributed by atoms with Crippen molar-refractivity contribution < 1.29 is 0 Å². The molecule has 0 bridgehead atoms. The third kappa shape index (κ3) is 3.58. The van der Waals surface area contributed by atoms with Crippen molar-refractivity contribution in [1.82, 2.24) is 29.2 Å². The average Bonchev–Trinajstić information content (AvgIpc) is 3.05. The van der Waals surface area contributed by atoms with Gasteiger partial charge in [0.05, 0.1) is 6.54 Å². The first kappa shape index (κ1) is 20.1. The van der Waals surface area contributed by atoms with Gasteiger partial charge in [0, 0.05) is 30.7 Å². The minimum atomic E-state index is -0.174. The number of nitrogens with zero attached hydrogens (tertiary/aromatic N) is 6. The van der Waals surface area contributed by atoms with E-state index < -0.39 is 0 Å². The number of pyridine rings is 1. The maximum Gasteiger partial charge on any atom is 0.278 e. The molecule has 4 aromatic rings. The van der Waals surface area contributed by atoms with Crippen LogP contribution < -0.4 is 10.9 Å². The van der Waals surface area contributed by atoms with Crippen LogP contribution in [0.1, 0.15) is 16.8 Å². The first-order valence-corrected chi connectivity index (χ1v) is 10.6. The number of likely N-dealkylation sites (N-methyl/N-ethyl adjacent to an activating group) is 1. The number of fused-ring (bicyclic) bond motifs is 2. The van der Waals surface area contributed by atoms with E-state index in [-0.39, 0.29) is 5.56 Å². The summed E-state index contributed by atoms with van der Waals surface area (Å²) in [5, 5.41) is 3.74. The normalized spacial score (nSPS) is 13.8. The number of aryl methyl sites for hydroxylation is 1. The summed E-state index contributed by atoms with van der Waals surface area (Å²) >= 11 is 0. The highest BCUT2D eigenvalue weighted by molar-refractivity contribution is 5.77. The molecule has 3 aromatic heterocycles. The smallest absolute Gasteiger partial charge is 0.278 e. The minimum Gasteiger partial charge on any atom is -0.324 e. The fraction of sp³-hybridized carbons (Fsp3) is 0.250. The lowest BCUT2D eigenvalue weighted by Crippen LogP contribution is -2.26. The van der Waals surface area contributed by atoms with E-state index in [0.29, 0.717) is 29.3 Å². The largest absolute Gasteiger partial charge is 0.324 e. The van der Waals surface area contributed by atoms with E-state index in [4.69, 9.17) is 4.98 Å². The van der Waals surface area contributed by atoms with Gasteiger partial charge in [0.25, 0.3) is 5.56 Å². The van der Waals surface area contributed by atoms with E-state index in [1.165, 1.54) is 11.1 Å². The van der Waals surface area contributed by atoms with Crippen molar-refractivity contribution in [1.29, 1.82) is 0 Å². The van der Waals surface area contributed by atoms with E-state index in [9.17, 15) is 4.79 Å². The standard InChI is InChI=1S/C24H25N7O/c1-4-11-30-23(32)20-14-25-24(28-22(20)31(30)21-7-5-6-16(2)26-21)27-19-9-8-17-10-12-29(3)15-18(17)13-19/h4-9,13-14H,1,10-12,15H2,2-3H3,(H,25,27,28). The van der Waals surface area contributed by atoms with Crippen LogP contribution in [0.3, 0.4) is 0 Å². The van der Waals surface area contributed by atoms with E-state index in [1.807, 2.05) is 25.1 Å². The average molecular weight is 428 g/mol. The second-order valence-electron chi connectivity index (χ2n) is 8.15. The predicted octanol–water partition coefficient (Wildman–Crippen LogP) is 3.20. The third-order valence-electron chi connectivity index (χ3n) is 5.73. The van der Waals surface area contributed by atoms with Crippen molar-refractivity contribution in [3.8, 4) is 5.82 Å². The highest BCUT2D eigenvalue weighted by Crippen LogP contribution is 2.24. The molecule has 1 aliphatic rings. The minimum absolute atomic E-state index is 0.174. The number of aromatic nitrogens is 5. The van der Waals surface area contributed by atoms with Gasteiger partial charge < -0.3 is 10.2 Å². The van der Waals surface area contributed by atoms with Crippen molar-refractivity contribution in [2.24, 2.45) is 0 Å². The van der Waals surface area contributed by atoms with Gasteiger partial charge in [0.2, 0.25) is 5.95 Å². The van der Waals surface area contributed by atoms with Gasteiger partial charge in [0.15, 0.2) is 11.5 Å². The Morgan fingerprint density at radius 3 is 2.88 bits per heavy atom. The monoisotopic (exact) mass is 427 g/mol. The molecule has 0 fully saturated rings. The van der Waals surface area contributed by atoms with Gasteiger partial charge in [-0.15, -0.1) is 6.58 Å². The summed E-state index contributed by atoms with van der Waals surface area (Å²) in [5.41, 5.74) is 4.80. The maximum atomic E-state index is 13.0. The zero-order valence-corrected chi connectivity index (χ0v) is 18.2. The second-order valence-corrected chi connectivity index (χ2v) is 8.15.